The third kappa shape index (κ3) is 3.37. The van der Waals surface area contributed by atoms with Crippen LogP contribution in [0.25, 0.3) is 10.8 Å². The van der Waals surface area contributed by atoms with Crippen LogP contribution in [0.15, 0.2) is 54.6 Å². The van der Waals surface area contributed by atoms with Crippen molar-refractivity contribution in [3.63, 3.8) is 0 Å². The molecule has 0 heterocycles. The Balaban J connectivity index is 1.58. The zero-order valence-electron chi connectivity index (χ0n) is 15.5. The van der Waals surface area contributed by atoms with E-state index in [9.17, 15) is 0 Å². The predicted molar refractivity (Wildman–Crippen MR) is 108 cm³/mol. The molecule has 26 heavy (non-hydrogen) atoms. The fourth-order valence-corrected chi connectivity index (χ4v) is 4.21. The summed E-state index contributed by atoms with van der Waals surface area (Å²) in [5.74, 6) is 0.583. The molecular weight excluding hydrogens is 314 g/mol. The fraction of sp³-hybridized carbons (Fsp3) is 0.320. The van der Waals surface area contributed by atoms with Gasteiger partial charge in [-0.2, -0.15) is 5.26 Å². The molecule has 0 spiro atoms. The van der Waals surface area contributed by atoms with Crippen molar-refractivity contribution in [3.8, 4) is 6.07 Å². The van der Waals surface area contributed by atoms with Gasteiger partial charge in [0.2, 0.25) is 0 Å². The third-order valence-corrected chi connectivity index (χ3v) is 5.78. The largest absolute Gasteiger partial charge is 0.192 e. The molecule has 0 fully saturated rings. The van der Waals surface area contributed by atoms with Crippen molar-refractivity contribution in [2.75, 3.05) is 0 Å². The van der Waals surface area contributed by atoms with E-state index >= 15 is 0 Å². The number of nitrogens with zero attached hydrogens (tertiary/aromatic N) is 1. The standard InChI is InChI=1S/C25H25N/c1-2-3-4-18-5-7-22-15-24(11-9-20(22)13-18)25-12-10-21-14-19(17-26)6-8-23(21)16-25/h5-9,11,13-15,25H,2-4,10,12,16H2,1H3. The second kappa shape index (κ2) is 7.34. The Kier molecular flexibility index (Phi) is 4.76. The van der Waals surface area contributed by atoms with E-state index in [-0.39, 0.29) is 0 Å². The second-order valence-electron chi connectivity index (χ2n) is 7.58. The molecule has 0 amide bonds. The van der Waals surface area contributed by atoms with Crippen LogP contribution in [0.5, 0.6) is 0 Å². The molecule has 0 N–H and O–H groups in total. The molecule has 3 aromatic rings. The maximum Gasteiger partial charge on any atom is 0.0991 e. The normalized spacial score (nSPS) is 16.2. The van der Waals surface area contributed by atoms with Crippen LogP contribution >= 0.6 is 0 Å². The lowest BCUT2D eigenvalue weighted by atomic mass is 9.79. The van der Waals surface area contributed by atoms with Crippen LogP contribution < -0.4 is 0 Å². The molecule has 1 nitrogen and oxygen atoms in total. The van der Waals surface area contributed by atoms with E-state index in [1.807, 2.05) is 6.07 Å². The molecule has 1 aliphatic rings. The zero-order valence-corrected chi connectivity index (χ0v) is 15.5. The van der Waals surface area contributed by atoms with E-state index in [0.717, 1.165) is 18.4 Å². The summed E-state index contributed by atoms with van der Waals surface area (Å²) in [5, 5.41) is 11.8. The molecule has 0 saturated carbocycles. The molecule has 0 aliphatic heterocycles. The van der Waals surface area contributed by atoms with Gasteiger partial charge >= 0.3 is 0 Å². The van der Waals surface area contributed by atoms with Crippen molar-refractivity contribution in [3.05, 3.63) is 82.4 Å². The lowest BCUT2D eigenvalue weighted by Crippen LogP contribution is -2.13. The van der Waals surface area contributed by atoms with E-state index in [1.54, 1.807) is 0 Å². The van der Waals surface area contributed by atoms with Crippen LogP contribution in [-0.2, 0) is 19.3 Å². The van der Waals surface area contributed by atoms with Crippen molar-refractivity contribution in [2.45, 2.75) is 51.4 Å². The first kappa shape index (κ1) is 16.9. The summed E-state index contributed by atoms with van der Waals surface area (Å²) in [5.41, 5.74) is 6.46. The van der Waals surface area contributed by atoms with Gasteiger partial charge in [0.05, 0.1) is 11.6 Å². The number of hydrogen-bond acceptors (Lipinski definition) is 1. The molecule has 0 radical (unpaired) electrons. The van der Waals surface area contributed by atoms with Crippen LogP contribution in [0.2, 0.25) is 0 Å². The van der Waals surface area contributed by atoms with Gasteiger partial charge in [-0.1, -0.05) is 55.8 Å². The Morgan fingerprint density at radius 1 is 0.962 bits per heavy atom. The summed E-state index contributed by atoms with van der Waals surface area (Å²) in [6, 6.07) is 22.4. The van der Waals surface area contributed by atoms with Crippen molar-refractivity contribution in [1.29, 1.82) is 5.26 Å². The highest BCUT2D eigenvalue weighted by Crippen LogP contribution is 2.34. The average Bonchev–Trinajstić information content (AvgIpc) is 2.70. The van der Waals surface area contributed by atoms with E-state index in [1.165, 1.54) is 58.7 Å². The minimum atomic E-state index is 0.583. The molecule has 130 valence electrons. The van der Waals surface area contributed by atoms with E-state index < -0.39 is 0 Å². The Morgan fingerprint density at radius 3 is 2.65 bits per heavy atom. The number of hydrogen-bond donors (Lipinski definition) is 0. The number of aryl methyl sites for hydroxylation is 2. The summed E-state index contributed by atoms with van der Waals surface area (Å²) < 4.78 is 0. The van der Waals surface area contributed by atoms with E-state index in [2.05, 4.69) is 61.5 Å². The SMILES string of the molecule is CCCCc1ccc2cc(C3CCc4cc(C#N)ccc4C3)ccc2c1. The van der Waals surface area contributed by atoms with Crippen LogP contribution in [0.1, 0.15) is 59.9 Å². The first-order valence-corrected chi connectivity index (χ1v) is 9.81. The Labute approximate surface area is 156 Å². The fourth-order valence-electron chi connectivity index (χ4n) is 4.21. The lowest BCUT2D eigenvalue weighted by Gasteiger charge is -2.25. The van der Waals surface area contributed by atoms with Crippen molar-refractivity contribution < 1.29 is 0 Å². The smallest absolute Gasteiger partial charge is 0.0991 e. The van der Waals surface area contributed by atoms with Gasteiger partial charge in [-0.25, -0.2) is 0 Å². The van der Waals surface area contributed by atoms with Gasteiger partial charge in [0.25, 0.3) is 0 Å². The molecular formula is C25H25N. The quantitative estimate of drug-likeness (QED) is 0.545. The summed E-state index contributed by atoms with van der Waals surface area (Å²) in [4.78, 5) is 0. The van der Waals surface area contributed by atoms with E-state index in [0.29, 0.717) is 5.92 Å². The monoisotopic (exact) mass is 339 g/mol. The van der Waals surface area contributed by atoms with Gasteiger partial charge < -0.3 is 0 Å². The molecule has 0 bridgehead atoms. The van der Waals surface area contributed by atoms with Gasteiger partial charge in [0.15, 0.2) is 0 Å². The summed E-state index contributed by atoms with van der Waals surface area (Å²) in [6.45, 7) is 2.25. The molecule has 3 aromatic carbocycles. The lowest BCUT2D eigenvalue weighted by molar-refractivity contribution is 0.585. The predicted octanol–water partition coefficient (Wildman–Crippen LogP) is 6.33. The van der Waals surface area contributed by atoms with Crippen molar-refractivity contribution >= 4 is 10.8 Å². The topological polar surface area (TPSA) is 23.8 Å². The molecule has 4 rings (SSSR count). The molecule has 1 heteroatoms. The van der Waals surface area contributed by atoms with Crippen LogP contribution in [0.4, 0.5) is 0 Å². The van der Waals surface area contributed by atoms with Gasteiger partial charge in [0, 0.05) is 0 Å². The Hall–Kier alpha value is -2.59. The second-order valence-corrected chi connectivity index (χ2v) is 7.58. The van der Waals surface area contributed by atoms with Crippen molar-refractivity contribution in [2.24, 2.45) is 0 Å². The minimum absolute atomic E-state index is 0.583. The Morgan fingerprint density at radius 2 is 1.81 bits per heavy atom. The van der Waals surface area contributed by atoms with Gasteiger partial charge in [-0.3, -0.25) is 0 Å². The van der Waals surface area contributed by atoms with E-state index in [4.69, 9.17) is 5.26 Å². The minimum Gasteiger partial charge on any atom is -0.192 e. The van der Waals surface area contributed by atoms with Gasteiger partial charge in [0.1, 0.15) is 0 Å². The number of nitriles is 1. The van der Waals surface area contributed by atoms with Gasteiger partial charge in [-0.15, -0.1) is 0 Å². The number of unbranched alkanes of at least 4 members (excludes halogenated alkanes) is 1. The Bertz CT molecular complexity index is 977. The summed E-state index contributed by atoms with van der Waals surface area (Å²) in [7, 11) is 0. The molecule has 0 aromatic heterocycles. The highest BCUT2D eigenvalue weighted by atomic mass is 14.3. The maximum absolute atomic E-state index is 9.09. The zero-order chi connectivity index (χ0) is 17.9. The third-order valence-electron chi connectivity index (χ3n) is 5.78. The summed E-state index contributed by atoms with van der Waals surface area (Å²) >= 11 is 0. The number of benzene rings is 3. The highest BCUT2D eigenvalue weighted by Gasteiger charge is 2.20. The highest BCUT2D eigenvalue weighted by molar-refractivity contribution is 5.84. The first-order chi connectivity index (χ1) is 12.8. The molecule has 1 atom stereocenters. The number of rotatable bonds is 4. The molecule has 1 aliphatic carbocycles. The van der Waals surface area contributed by atoms with Crippen molar-refractivity contribution in [1.82, 2.24) is 0 Å². The first-order valence-electron chi connectivity index (χ1n) is 9.81. The maximum atomic E-state index is 9.09. The van der Waals surface area contributed by atoms with Gasteiger partial charge in [-0.05, 0) is 83.2 Å². The average molecular weight is 339 g/mol. The summed E-state index contributed by atoms with van der Waals surface area (Å²) in [6.07, 6.45) is 7.01. The van der Waals surface area contributed by atoms with Crippen LogP contribution in [0, 0.1) is 11.3 Å². The molecule has 0 saturated heterocycles. The van der Waals surface area contributed by atoms with Crippen LogP contribution in [0.3, 0.4) is 0 Å². The van der Waals surface area contributed by atoms with Crippen LogP contribution in [-0.4, -0.2) is 0 Å². The molecule has 1 unspecified atom stereocenters. The number of fused-ring (bicyclic) bond motifs is 2.